The van der Waals surface area contributed by atoms with Crippen molar-refractivity contribution in [2.24, 2.45) is 10.7 Å². The molecule has 1 saturated carbocycles. The van der Waals surface area contributed by atoms with Crippen molar-refractivity contribution in [3.05, 3.63) is 12.3 Å². The van der Waals surface area contributed by atoms with Crippen LogP contribution < -0.4 is 11.1 Å². The summed E-state index contributed by atoms with van der Waals surface area (Å²) in [5.74, 6) is 0.947. The first kappa shape index (κ1) is 6.85. The van der Waals surface area contributed by atoms with E-state index in [0.717, 1.165) is 25.2 Å². The van der Waals surface area contributed by atoms with E-state index in [1.165, 1.54) is 6.42 Å². The molecule has 0 aromatic carbocycles. The van der Waals surface area contributed by atoms with Gasteiger partial charge in [-0.2, -0.15) is 0 Å². The fourth-order valence-electron chi connectivity index (χ4n) is 1.44. The monoisotopic (exact) mass is 150 g/mol. The first-order chi connectivity index (χ1) is 5.31. The number of hydrogen-bond acceptors (Lipinski definition) is 3. The van der Waals surface area contributed by atoms with Gasteiger partial charge < -0.3 is 11.1 Å². The van der Waals surface area contributed by atoms with E-state index in [0.29, 0.717) is 0 Å². The zero-order valence-electron chi connectivity index (χ0n) is 6.43. The molecule has 11 heavy (non-hydrogen) atoms. The minimum atomic E-state index is -0.140. The summed E-state index contributed by atoms with van der Waals surface area (Å²) in [6, 6.07) is 0. The Bertz CT molecular complexity index is 213. The topological polar surface area (TPSA) is 50.4 Å². The number of nitrogens with zero attached hydrogens (tertiary/aromatic N) is 1. The molecule has 0 saturated heterocycles. The summed E-state index contributed by atoms with van der Waals surface area (Å²) >= 11 is 0. The summed E-state index contributed by atoms with van der Waals surface area (Å²) < 4.78 is 0. The molecule has 59 valence electrons. The van der Waals surface area contributed by atoms with Crippen LogP contribution >= 0.6 is 0 Å². The quantitative estimate of drug-likeness (QED) is 0.560. The van der Waals surface area contributed by atoms with Crippen LogP contribution in [0.1, 0.15) is 19.3 Å². The van der Waals surface area contributed by atoms with E-state index in [4.69, 9.17) is 5.73 Å². The van der Waals surface area contributed by atoms with Gasteiger partial charge in [-0.1, -0.05) is 0 Å². The molecule has 1 heterocycles. The Kier molecular flexibility index (Phi) is 1.46. The van der Waals surface area contributed by atoms with E-state index >= 15 is 0 Å². The largest absolute Gasteiger partial charge is 0.368 e. The first-order valence-corrected chi connectivity index (χ1v) is 3.97. The molecule has 0 bridgehead atoms. The molecule has 0 aromatic heterocycles. The summed E-state index contributed by atoms with van der Waals surface area (Å²) in [5, 5.41) is 3.14. The third kappa shape index (κ3) is 1.05. The lowest BCUT2D eigenvalue weighted by Gasteiger charge is -2.39. The average Bonchev–Trinajstić information content (AvgIpc) is 2.02. The second-order valence-electron chi connectivity index (χ2n) is 3.17. The minimum Gasteiger partial charge on any atom is -0.368 e. The third-order valence-corrected chi connectivity index (χ3v) is 2.36. The first-order valence-electron chi connectivity index (χ1n) is 3.97. The van der Waals surface area contributed by atoms with Crippen LogP contribution in [0.2, 0.25) is 0 Å². The maximum Gasteiger partial charge on any atom is 0.122 e. The third-order valence-electron chi connectivity index (χ3n) is 2.36. The van der Waals surface area contributed by atoms with E-state index in [1.54, 1.807) is 6.20 Å². The lowest BCUT2D eigenvalue weighted by atomic mass is 9.76. The molecule has 1 aliphatic heterocycles. The van der Waals surface area contributed by atoms with Gasteiger partial charge in [-0.15, -0.1) is 0 Å². The van der Waals surface area contributed by atoms with Crippen molar-refractivity contribution in [2.45, 2.75) is 24.8 Å². The normalized spacial score (nSPS) is 26.8. The van der Waals surface area contributed by atoms with Crippen molar-refractivity contribution in [3.63, 3.8) is 0 Å². The van der Waals surface area contributed by atoms with Crippen LogP contribution in [0.3, 0.4) is 0 Å². The highest BCUT2D eigenvalue weighted by Gasteiger charge is 2.37. The van der Waals surface area contributed by atoms with Gasteiger partial charge in [0.2, 0.25) is 0 Å². The van der Waals surface area contributed by atoms with Crippen LogP contribution in [0, 0.1) is 6.08 Å². The second kappa shape index (κ2) is 2.34. The molecule has 1 fully saturated rings. The smallest absolute Gasteiger partial charge is 0.122 e. The van der Waals surface area contributed by atoms with Crippen molar-refractivity contribution in [1.82, 2.24) is 5.32 Å². The van der Waals surface area contributed by atoms with Gasteiger partial charge in [-0.25, -0.2) is 4.99 Å². The molecular weight excluding hydrogens is 138 g/mol. The minimum absolute atomic E-state index is 0.140. The maximum atomic E-state index is 6.04. The summed E-state index contributed by atoms with van der Waals surface area (Å²) in [6.07, 6.45) is 8.01. The summed E-state index contributed by atoms with van der Waals surface area (Å²) in [7, 11) is 0. The summed E-state index contributed by atoms with van der Waals surface area (Å²) in [4.78, 5) is 4.17. The molecule has 0 aromatic rings. The Morgan fingerprint density at radius 1 is 1.64 bits per heavy atom. The van der Waals surface area contributed by atoms with Crippen molar-refractivity contribution in [3.8, 4) is 0 Å². The van der Waals surface area contributed by atoms with Crippen LogP contribution in [-0.2, 0) is 0 Å². The molecule has 1 aliphatic carbocycles. The number of amidine groups is 1. The van der Waals surface area contributed by atoms with Gasteiger partial charge in [-0.3, -0.25) is 0 Å². The van der Waals surface area contributed by atoms with Crippen molar-refractivity contribution < 1.29 is 0 Å². The van der Waals surface area contributed by atoms with Crippen LogP contribution in [0.4, 0.5) is 0 Å². The summed E-state index contributed by atoms with van der Waals surface area (Å²) in [5.41, 5.74) is 5.90. The molecule has 3 heteroatoms. The number of nitrogens with two attached hydrogens (primary N) is 1. The molecule has 0 unspecified atom stereocenters. The predicted octanol–water partition coefficient (Wildman–Crippen LogP) is 0.186. The van der Waals surface area contributed by atoms with Crippen LogP contribution in [0.25, 0.3) is 0 Å². The fraction of sp³-hybridized carbons (Fsp3) is 0.625. The molecule has 3 nitrogen and oxygen atoms in total. The van der Waals surface area contributed by atoms with E-state index in [-0.39, 0.29) is 5.54 Å². The van der Waals surface area contributed by atoms with Gasteiger partial charge in [0.1, 0.15) is 5.84 Å². The van der Waals surface area contributed by atoms with Crippen LogP contribution in [0.5, 0.6) is 0 Å². The van der Waals surface area contributed by atoms with Gasteiger partial charge in [0.15, 0.2) is 0 Å². The van der Waals surface area contributed by atoms with E-state index < -0.39 is 0 Å². The molecule has 0 spiro atoms. The SMILES string of the molecule is NC1(C2=NC=[C]CN2)CCC1. The Morgan fingerprint density at radius 2 is 2.45 bits per heavy atom. The zero-order valence-corrected chi connectivity index (χ0v) is 6.43. The van der Waals surface area contributed by atoms with Gasteiger partial charge in [0.05, 0.1) is 5.54 Å². The Hall–Kier alpha value is -0.830. The number of nitrogens with one attached hydrogen (secondary N) is 1. The molecule has 2 rings (SSSR count). The van der Waals surface area contributed by atoms with Gasteiger partial charge in [-0.05, 0) is 25.3 Å². The Labute approximate surface area is 66.4 Å². The molecule has 0 atom stereocenters. The number of aliphatic imine (C=N–C) groups is 1. The predicted molar refractivity (Wildman–Crippen MR) is 44.0 cm³/mol. The fourth-order valence-corrected chi connectivity index (χ4v) is 1.44. The lowest BCUT2D eigenvalue weighted by molar-refractivity contribution is 0.335. The van der Waals surface area contributed by atoms with Crippen LogP contribution in [-0.4, -0.2) is 17.9 Å². The molecule has 0 amide bonds. The highest BCUT2D eigenvalue weighted by molar-refractivity contribution is 5.93. The maximum absolute atomic E-state index is 6.04. The van der Waals surface area contributed by atoms with E-state index in [1.807, 2.05) is 0 Å². The van der Waals surface area contributed by atoms with E-state index in [2.05, 4.69) is 16.4 Å². The van der Waals surface area contributed by atoms with Gasteiger partial charge in [0.25, 0.3) is 0 Å². The molecule has 3 N–H and O–H groups in total. The van der Waals surface area contributed by atoms with Crippen molar-refractivity contribution >= 4 is 5.84 Å². The van der Waals surface area contributed by atoms with Gasteiger partial charge >= 0.3 is 0 Å². The Balaban J connectivity index is 2.13. The molecule has 1 radical (unpaired) electrons. The molecule has 2 aliphatic rings. The zero-order chi connectivity index (χ0) is 7.73. The van der Waals surface area contributed by atoms with Crippen LogP contribution in [0.15, 0.2) is 11.2 Å². The van der Waals surface area contributed by atoms with Crippen molar-refractivity contribution in [2.75, 3.05) is 6.54 Å². The number of rotatable bonds is 1. The second-order valence-corrected chi connectivity index (χ2v) is 3.17. The highest BCUT2D eigenvalue weighted by Crippen LogP contribution is 2.30. The summed E-state index contributed by atoms with van der Waals surface area (Å²) in [6.45, 7) is 0.748. The lowest BCUT2D eigenvalue weighted by Crippen LogP contribution is -2.59. The standard InChI is InChI=1S/C8H12N3/c9-8(3-1-4-8)7-10-5-2-6-11-7/h5H,1,3-4,6,9H2,(H,10,11). The van der Waals surface area contributed by atoms with E-state index in [9.17, 15) is 0 Å². The van der Waals surface area contributed by atoms with Crippen molar-refractivity contribution in [1.29, 1.82) is 0 Å². The Morgan fingerprint density at radius 3 is 2.91 bits per heavy atom. The molecular formula is C8H12N3. The van der Waals surface area contributed by atoms with Gasteiger partial charge in [0, 0.05) is 12.7 Å². The number of hydrogen-bond donors (Lipinski definition) is 2. The highest BCUT2D eigenvalue weighted by atomic mass is 15.1. The average molecular weight is 150 g/mol.